The molecular formula is C7H8ClN4NaO2. The number of aryl methyl sites for hydroxylation is 1. The fourth-order valence-corrected chi connectivity index (χ4v) is 1.27. The molecule has 0 spiro atoms. The van der Waals surface area contributed by atoms with Crippen molar-refractivity contribution in [3.63, 3.8) is 0 Å². The van der Waals surface area contributed by atoms with Crippen molar-refractivity contribution in [1.29, 1.82) is 0 Å². The minimum absolute atomic E-state index is 0. The van der Waals surface area contributed by atoms with Gasteiger partial charge in [0.25, 0.3) is 5.56 Å². The van der Waals surface area contributed by atoms with Gasteiger partial charge in [0, 0.05) is 14.1 Å². The van der Waals surface area contributed by atoms with E-state index in [4.69, 9.17) is 0 Å². The average Bonchev–Trinajstić information content (AvgIpc) is 2.59. The Balaban J connectivity index is 0.000000980. The van der Waals surface area contributed by atoms with E-state index in [-0.39, 0.29) is 53.2 Å². The number of hydrogen-bond donors (Lipinski definition) is 1. The van der Waals surface area contributed by atoms with Crippen molar-refractivity contribution in [3.8, 4) is 0 Å². The van der Waals surface area contributed by atoms with E-state index in [1.165, 1.54) is 17.9 Å². The van der Waals surface area contributed by atoms with Crippen LogP contribution in [0.4, 0.5) is 0 Å². The molecule has 0 unspecified atom stereocenters. The van der Waals surface area contributed by atoms with Crippen LogP contribution >= 0.6 is 0 Å². The SMILES string of the molecule is Cn1c(=O)c2[nH]cnc2n(C)c1=O.[Cl-].[Na+]. The van der Waals surface area contributed by atoms with Crippen molar-refractivity contribution >= 4 is 11.2 Å². The minimum Gasteiger partial charge on any atom is -1.00 e. The van der Waals surface area contributed by atoms with Crippen LogP contribution in [0, 0.1) is 0 Å². The van der Waals surface area contributed by atoms with Crippen LogP contribution in [0.5, 0.6) is 0 Å². The Morgan fingerprint density at radius 3 is 2.47 bits per heavy atom. The summed E-state index contributed by atoms with van der Waals surface area (Å²) in [6, 6.07) is 0. The Bertz CT molecular complexity index is 585. The first kappa shape index (κ1) is 14.4. The Labute approximate surface area is 113 Å². The van der Waals surface area contributed by atoms with Gasteiger partial charge in [-0.3, -0.25) is 13.9 Å². The molecular weight excluding hydrogens is 231 g/mol. The zero-order valence-electron chi connectivity index (χ0n) is 8.61. The summed E-state index contributed by atoms with van der Waals surface area (Å²) in [5.74, 6) is 0. The normalized spacial score (nSPS) is 9.47. The van der Waals surface area contributed by atoms with Gasteiger partial charge in [0.05, 0.1) is 6.33 Å². The number of imidazole rings is 1. The number of aromatic amines is 1. The minimum atomic E-state index is -0.371. The summed E-state index contributed by atoms with van der Waals surface area (Å²) in [5.41, 5.74) is 0.0119. The number of fused-ring (bicyclic) bond motifs is 1. The molecule has 0 bridgehead atoms. The number of aromatic nitrogens is 4. The van der Waals surface area contributed by atoms with Gasteiger partial charge in [-0.2, -0.15) is 0 Å². The second-order valence-corrected chi connectivity index (χ2v) is 2.81. The Kier molecular flexibility index (Phi) is 4.79. The summed E-state index contributed by atoms with van der Waals surface area (Å²) in [7, 11) is 3.01. The zero-order valence-corrected chi connectivity index (χ0v) is 11.4. The Hall–Kier alpha value is -0.560. The van der Waals surface area contributed by atoms with Gasteiger partial charge in [0.15, 0.2) is 5.65 Å². The van der Waals surface area contributed by atoms with Crippen LogP contribution in [-0.2, 0) is 14.1 Å². The molecule has 0 aliphatic rings. The number of rotatable bonds is 0. The van der Waals surface area contributed by atoms with Crippen LogP contribution in [0.3, 0.4) is 0 Å². The van der Waals surface area contributed by atoms with Crippen molar-refractivity contribution in [2.45, 2.75) is 0 Å². The molecule has 2 heterocycles. The van der Waals surface area contributed by atoms with Crippen molar-refractivity contribution in [3.05, 3.63) is 27.2 Å². The zero-order chi connectivity index (χ0) is 9.59. The van der Waals surface area contributed by atoms with Gasteiger partial charge in [-0.05, 0) is 0 Å². The third-order valence-electron chi connectivity index (χ3n) is 2.03. The summed E-state index contributed by atoms with van der Waals surface area (Å²) < 4.78 is 2.37. The molecule has 0 saturated carbocycles. The van der Waals surface area contributed by atoms with Gasteiger partial charge >= 0.3 is 35.2 Å². The molecule has 0 radical (unpaired) electrons. The standard InChI is InChI=1S/C7H8N4O2.ClH.Na/c1-10-5-4(8-3-9-5)6(12)11(2)7(10)13;;/h3H,1-2H3,(H,8,9);1H;/q;;+1/p-1. The molecule has 0 aromatic carbocycles. The van der Waals surface area contributed by atoms with Crippen LogP contribution in [0.15, 0.2) is 15.9 Å². The van der Waals surface area contributed by atoms with Crippen molar-refractivity contribution in [2.75, 3.05) is 0 Å². The van der Waals surface area contributed by atoms with Crippen LogP contribution in [-0.4, -0.2) is 19.1 Å². The molecule has 0 aliphatic carbocycles. The maximum Gasteiger partial charge on any atom is 1.00 e. The first-order valence-electron chi connectivity index (χ1n) is 3.72. The van der Waals surface area contributed by atoms with Gasteiger partial charge in [0.2, 0.25) is 0 Å². The average molecular weight is 239 g/mol. The van der Waals surface area contributed by atoms with E-state index >= 15 is 0 Å². The smallest absolute Gasteiger partial charge is 1.00 e. The number of nitrogens with one attached hydrogen (secondary N) is 1. The number of hydrogen-bond acceptors (Lipinski definition) is 3. The molecule has 0 saturated heterocycles. The van der Waals surface area contributed by atoms with E-state index in [1.54, 1.807) is 7.05 Å². The van der Waals surface area contributed by atoms with Crippen LogP contribution in [0.25, 0.3) is 11.2 Å². The second kappa shape index (κ2) is 4.98. The Morgan fingerprint density at radius 1 is 1.27 bits per heavy atom. The molecule has 15 heavy (non-hydrogen) atoms. The van der Waals surface area contributed by atoms with Gasteiger partial charge in [-0.15, -0.1) is 0 Å². The molecule has 2 aromatic rings. The number of halogens is 1. The fraction of sp³-hybridized carbons (Fsp3) is 0.286. The van der Waals surface area contributed by atoms with Crippen molar-refractivity contribution in [2.24, 2.45) is 14.1 Å². The maximum atomic E-state index is 11.4. The quantitative estimate of drug-likeness (QED) is 0.464. The third-order valence-corrected chi connectivity index (χ3v) is 2.03. The summed E-state index contributed by atoms with van der Waals surface area (Å²) in [6.07, 6.45) is 1.39. The molecule has 6 nitrogen and oxygen atoms in total. The maximum absolute atomic E-state index is 11.4. The van der Waals surface area contributed by atoms with Crippen molar-refractivity contribution in [1.82, 2.24) is 19.1 Å². The summed E-state index contributed by atoms with van der Waals surface area (Å²) >= 11 is 0. The Morgan fingerprint density at radius 2 is 1.87 bits per heavy atom. The monoisotopic (exact) mass is 238 g/mol. The number of H-pyrrole nitrogens is 1. The van der Waals surface area contributed by atoms with E-state index in [1.807, 2.05) is 0 Å². The third kappa shape index (κ3) is 2.03. The van der Waals surface area contributed by atoms with Gasteiger partial charge in [0.1, 0.15) is 5.52 Å². The molecule has 1 N–H and O–H groups in total. The fourth-order valence-electron chi connectivity index (χ4n) is 1.27. The topological polar surface area (TPSA) is 72.7 Å². The largest absolute Gasteiger partial charge is 1.00 e. The molecule has 8 heteroatoms. The first-order chi connectivity index (χ1) is 6.13. The molecule has 0 fully saturated rings. The predicted molar refractivity (Wildman–Crippen MR) is 46.6 cm³/mol. The molecule has 2 aromatic heterocycles. The summed E-state index contributed by atoms with van der Waals surface area (Å²) in [6.45, 7) is 0. The molecule has 76 valence electrons. The molecule has 0 aliphatic heterocycles. The van der Waals surface area contributed by atoms with E-state index in [0.29, 0.717) is 11.2 Å². The van der Waals surface area contributed by atoms with Gasteiger partial charge in [-0.1, -0.05) is 0 Å². The van der Waals surface area contributed by atoms with Gasteiger partial charge < -0.3 is 17.4 Å². The van der Waals surface area contributed by atoms with Crippen LogP contribution < -0.4 is 53.2 Å². The summed E-state index contributed by atoms with van der Waals surface area (Å²) in [5, 5.41) is 0. The van der Waals surface area contributed by atoms with Crippen molar-refractivity contribution < 1.29 is 42.0 Å². The van der Waals surface area contributed by atoms with E-state index < -0.39 is 0 Å². The molecule has 2 rings (SSSR count). The predicted octanol–water partition coefficient (Wildman–Crippen LogP) is -7.03. The van der Waals surface area contributed by atoms with Crippen LogP contribution in [0.1, 0.15) is 0 Å². The molecule has 0 amide bonds. The molecule has 0 atom stereocenters. The van der Waals surface area contributed by atoms with Crippen LogP contribution in [0.2, 0.25) is 0 Å². The van der Waals surface area contributed by atoms with Gasteiger partial charge in [-0.25, -0.2) is 9.78 Å². The summed E-state index contributed by atoms with van der Waals surface area (Å²) in [4.78, 5) is 29.4. The number of nitrogens with zero attached hydrogens (tertiary/aromatic N) is 3. The van der Waals surface area contributed by atoms with E-state index in [0.717, 1.165) is 4.57 Å². The van der Waals surface area contributed by atoms with E-state index in [9.17, 15) is 9.59 Å². The first-order valence-corrected chi connectivity index (χ1v) is 3.72. The second-order valence-electron chi connectivity index (χ2n) is 2.81. The van der Waals surface area contributed by atoms with E-state index in [2.05, 4.69) is 9.97 Å².